The van der Waals surface area contributed by atoms with E-state index in [1.807, 2.05) is 14.1 Å². The van der Waals surface area contributed by atoms with Crippen molar-refractivity contribution in [3.8, 4) is 11.1 Å². The monoisotopic (exact) mass is 543 g/mol. The van der Waals surface area contributed by atoms with Gasteiger partial charge in [-0.3, -0.25) is 4.79 Å². The molecule has 13 heteroatoms. The van der Waals surface area contributed by atoms with Crippen LogP contribution in [-0.2, 0) is 12.6 Å². The molecule has 0 spiro atoms. The zero-order valence-corrected chi connectivity index (χ0v) is 21.0. The quantitative estimate of drug-likeness (QED) is 0.276. The van der Waals surface area contributed by atoms with Gasteiger partial charge in [0.2, 0.25) is 0 Å². The number of urea groups is 1. The predicted molar refractivity (Wildman–Crippen MR) is 138 cm³/mol. The number of nitrogens with zero attached hydrogens (tertiary/aromatic N) is 4. The normalized spacial score (nSPS) is 11.7. The number of hydrogen-bond acceptors (Lipinski definition) is 5. The fourth-order valence-corrected chi connectivity index (χ4v) is 3.96. The number of benzene rings is 2. The maximum absolute atomic E-state index is 14.0. The van der Waals surface area contributed by atoms with E-state index in [1.165, 1.54) is 18.3 Å². The summed E-state index contributed by atoms with van der Waals surface area (Å²) >= 11 is 0. The Kier molecular flexibility index (Phi) is 7.81. The van der Waals surface area contributed by atoms with Crippen LogP contribution in [0.3, 0.4) is 0 Å². The molecule has 2 aromatic heterocycles. The van der Waals surface area contributed by atoms with E-state index in [4.69, 9.17) is 5.73 Å². The van der Waals surface area contributed by atoms with Crippen LogP contribution in [0.4, 0.5) is 33.7 Å². The Labute approximate surface area is 220 Å². The third-order valence-corrected chi connectivity index (χ3v) is 5.83. The van der Waals surface area contributed by atoms with Gasteiger partial charge in [-0.2, -0.15) is 18.3 Å². The number of carbonyl (C=O) groups excluding carboxylic acids is 2. The Morgan fingerprint density at radius 3 is 2.44 bits per heavy atom. The summed E-state index contributed by atoms with van der Waals surface area (Å²) in [6.07, 6.45) is -0.0312. The van der Waals surface area contributed by atoms with E-state index >= 15 is 0 Å². The lowest BCUT2D eigenvalue weighted by Gasteiger charge is -2.12. The smallest absolute Gasteiger partial charge is 0.366 e. The van der Waals surface area contributed by atoms with Crippen LogP contribution in [0.15, 0.2) is 54.9 Å². The molecule has 2 aromatic carbocycles. The summed E-state index contributed by atoms with van der Waals surface area (Å²) in [7, 11) is 3.95. The molecule has 2 heterocycles. The summed E-state index contributed by atoms with van der Waals surface area (Å²) < 4.78 is 54.3. The van der Waals surface area contributed by atoms with Crippen molar-refractivity contribution in [3.05, 3.63) is 77.6 Å². The number of halogens is 4. The van der Waals surface area contributed by atoms with Gasteiger partial charge >= 0.3 is 12.2 Å². The van der Waals surface area contributed by atoms with Gasteiger partial charge in [-0.1, -0.05) is 12.1 Å². The molecule has 0 bridgehead atoms. The average Bonchev–Trinajstić information content (AvgIpc) is 3.24. The van der Waals surface area contributed by atoms with Gasteiger partial charge in [-0.15, -0.1) is 0 Å². The molecular formula is C26H25F4N7O2. The van der Waals surface area contributed by atoms with Crippen LogP contribution in [0.2, 0.25) is 0 Å². The van der Waals surface area contributed by atoms with Gasteiger partial charge in [0, 0.05) is 23.9 Å². The lowest BCUT2D eigenvalue weighted by molar-refractivity contribution is -0.137. The Morgan fingerprint density at radius 1 is 1.08 bits per heavy atom. The first kappa shape index (κ1) is 27.5. The Morgan fingerprint density at radius 2 is 1.79 bits per heavy atom. The lowest BCUT2D eigenvalue weighted by atomic mass is 10.0. The van der Waals surface area contributed by atoms with E-state index in [2.05, 4.69) is 25.6 Å². The average molecular weight is 544 g/mol. The third-order valence-electron chi connectivity index (χ3n) is 5.83. The highest BCUT2D eigenvalue weighted by molar-refractivity contribution is 6.05. The summed E-state index contributed by atoms with van der Waals surface area (Å²) in [5, 5.41) is 9.01. The first-order chi connectivity index (χ1) is 18.4. The Hall–Kier alpha value is -4.52. The molecule has 0 fully saturated rings. The maximum Gasteiger partial charge on any atom is 0.416 e. The number of nitrogens with two attached hydrogens (primary N) is 1. The molecule has 3 amide bonds. The number of amides is 3. The second-order valence-corrected chi connectivity index (χ2v) is 9.04. The molecule has 0 saturated carbocycles. The Bertz CT molecular complexity index is 1520. The number of rotatable bonds is 8. The molecule has 0 saturated heterocycles. The number of aryl methyl sites for hydroxylation is 1. The van der Waals surface area contributed by atoms with Gasteiger partial charge in [-0.25, -0.2) is 18.7 Å². The largest absolute Gasteiger partial charge is 0.416 e. The fourth-order valence-electron chi connectivity index (χ4n) is 3.96. The lowest BCUT2D eigenvalue weighted by Crippen LogP contribution is -2.20. The highest BCUT2D eigenvalue weighted by Crippen LogP contribution is 2.32. The van der Waals surface area contributed by atoms with Crippen LogP contribution in [-0.4, -0.2) is 52.1 Å². The fraction of sp³-hybridized carbons (Fsp3) is 0.231. The van der Waals surface area contributed by atoms with Crippen molar-refractivity contribution in [2.75, 3.05) is 31.3 Å². The second kappa shape index (κ2) is 11.1. The van der Waals surface area contributed by atoms with Crippen molar-refractivity contribution in [3.63, 3.8) is 0 Å². The first-order valence-corrected chi connectivity index (χ1v) is 11.8. The highest BCUT2D eigenvalue weighted by atomic mass is 19.4. The molecule has 4 rings (SSSR count). The molecule has 9 nitrogen and oxygen atoms in total. The van der Waals surface area contributed by atoms with Crippen molar-refractivity contribution < 1.29 is 27.2 Å². The number of hydrogen-bond donors (Lipinski definition) is 3. The number of alkyl halides is 3. The summed E-state index contributed by atoms with van der Waals surface area (Å²) in [6, 6.07) is 7.05. The molecule has 0 atom stereocenters. The summed E-state index contributed by atoms with van der Waals surface area (Å²) in [4.78, 5) is 31.0. The van der Waals surface area contributed by atoms with Crippen LogP contribution in [0, 0.1) is 5.82 Å². The van der Waals surface area contributed by atoms with E-state index in [9.17, 15) is 27.2 Å². The topological polar surface area (TPSA) is 118 Å². The molecule has 4 aromatic rings. The van der Waals surface area contributed by atoms with E-state index in [-0.39, 0.29) is 11.3 Å². The summed E-state index contributed by atoms with van der Waals surface area (Å²) in [5.74, 6) is -1.06. The van der Waals surface area contributed by atoms with Gasteiger partial charge in [0.05, 0.1) is 28.5 Å². The molecule has 0 unspecified atom stereocenters. The number of fused-ring (bicyclic) bond motifs is 1. The third kappa shape index (κ3) is 6.49. The van der Waals surface area contributed by atoms with Gasteiger partial charge in [-0.05, 0) is 63.0 Å². The Balaban J connectivity index is 1.53. The van der Waals surface area contributed by atoms with E-state index in [1.54, 1.807) is 22.8 Å². The number of anilines is 2. The van der Waals surface area contributed by atoms with Gasteiger partial charge in [0.25, 0.3) is 5.91 Å². The number of nitrogens with one attached hydrogen (secondary N) is 2. The minimum Gasteiger partial charge on any atom is -0.366 e. The summed E-state index contributed by atoms with van der Waals surface area (Å²) in [5.41, 5.74) is 6.04. The van der Waals surface area contributed by atoms with Crippen molar-refractivity contribution in [2.45, 2.75) is 19.0 Å². The van der Waals surface area contributed by atoms with E-state index < -0.39 is 35.2 Å². The van der Waals surface area contributed by atoms with Crippen LogP contribution in [0.1, 0.15) is 28.2 Å². The minimum absolute atomic E-state index is 0.230. The zero-order chi connectivity index (χ0) is 28.3. The van der Waals surface area contributed by atoms with Crippen molar-refractivity contribution in [2.24, 2.45) is 5.73 Å². The molecule has 0 aliphatic heterocycles. The first-order valence-electron chi connectivity index (χ1n) is 11.8. The molecule has 204 valence electrons. The maximum atomic E-state index is 14.0. The van der Waals surface area contributed by atoms with Crippen LogP contribution < -0.4 is 16.4 Å². The second-order valence-electron chi connectivity index (χ2n) is 9.04. The molecule has 0 radical (unpaired) electrons. The number of primary amides is 1. The van der Waals surface area contributed by atoms with Crippen molar-refractivity contribution >= 4 is 28.8 Å². The zero-order valence-electron chi connectivity index (χ0n) is 21.0. The number of carbonyl (C=O) groups is 2. The molecule has 4 N–H and O–H groups in total. The van der Waals surface area contributed by atoms with Crippen molar-refractivity contribution in [1.29, 1.82) is 0 Å². The highest BCUT2D eigenvalue weighted by Gasteiger charge is 2.31. The van der Waals surface area contributed by atoms with Gasteiger partial charge in [0.15, 0.2) is 0 Å². The standard InChI is InChI=1S/C26H25F4N7O2/c1-36(2)11-3-4-22-32-13-21-23(18(24(31)38)14-37(21)35-22)15-5-8-17(9-6-15)33-25(39)34-20-12-16(26(28,29)30)7-10-19(20)27/h5-10,12-14H,3-4,11H2,1-2H3,(H2,31,38)(H2,33,34,39). The molecule has 0 aliphatic rings. The molecular weight excluding hydrogens is 518 g/mol. The SMILES string of the molecule is CN(C)CCCc1ncc2c(-c3ccc(NC(=O)Nc4cc(C(F)(F)F)ccc4F)cc3)c(C(N)=O)cn2n1. The molecule has 39 heavy (non-hydrogen) atoms. The summed E-state index contributed by atoms with van der Waals surface area (Å²) in [6.45, 7) is 0.873. The van der Waals surface area contributed by atoms with Gasteiger partial charge < -0.3 is 21.3 Å². The minimum atomic E-state index is -4.69. The van der Waals surface area contributed by atoms with Crippen molar-refractivity contribution in [1.82, 2.24) is 19.5 Å². The predicted octanol–water partition coefficient (Wildman–Crippen LogP) is 4.79. The molecule has 0 aliphatic carbocycles. The van der Waals surface area contributed by atoms with E-state index in [0.29, 0.717) is 47.1 Å². The van der Waals surface area contributed by atoms with Crippen LogP contribution >= 0.6 is 0 Å². The van der Waals surface area contributed by atoms with Crippen LogP contribution in [0.5, 0.6) is 0 Å². The van der Waals surface area contributed by atoms with E-state index in [0.717, 1.165) is 13.0 Å². The van der Waals surface area contributed by atoms with Crippen LogP contribution in [0.25, 0.3) is 16.6 Å². The van der Waals surface area contributed by atoms with Gasteiger partial charge in [0.1, 0.15) is 11.6 Å². The number of aromatic nitrogens is 3.